The summed E-state index contributed by atoms with van der Waals surface area (Å²) < 4.78 is 0. The molecule has 2 heteroatoms. The average Bonchev–Trinajstić information content (AvgIpc) is 3.30. The van der Waals surface area contributed by atoms with E-state index in [1.54, 1.807) is 0 Å². The third-order valence-corrected chi connectivity index (χ3v) is 6.84. The molecule has 0 fully saturated rings. The highest BCUT2D eigenvalue weighted by atomic mass is 32.1. The molecular weight excluding hydrogens is 382 g/mol. The molecule has 0 radical (unpaired) electrons. The molecule has 0 bridgehead atoms. The Morgan fingerprint density at radius 1 is 0.933 bits per heavy atom. The van der Waals surface area contributed by atoms with Crippen LogP contribution in [-0.4, -0.2) is 7.05 Å². The van der Waals surface area contributed by atoms with E-state index in [1.165, 1.54) is 26.9 Å². The van der Waals surface area contributed by atoms with Crippen molar-refractivity contribution < 1.29 is 0 Å². The van der Waals surface area contributed by atoms with Gasteiger partial charge in [-0.15, -0.1) is 24.5 Å². The summed E-state index contributed by atoms with van der Waals surface area (Å²) in [7, 11) is 2.02. The van der Waals surface area contributed by atoms with Crippen molar-refractivity contribution >= 4 is 27.8 Å². The normalized spacial score (nSPS) is 13.4. The molecule has 1 N–H and O–H groups in total. The number of aryl methyl sites for hydroxylation is 1. The molecule has 1 aromatic heterocycles. The van der Waals surface area contributed by atoms with Crippen LogP contribution in [0.2, 0.25) is 0 Å². The van der Waals surface area contributed by atoms with Crippen LogP contribution in [0.4, 0.5) is 5.69 Å². The van der Waals surface area contributed by atoms with Gasteiger partial charge in [-0.3, -0.25) is 0 Å². The molecule has 30 heavy (non-hydrogen) atoms. The standard InChI is InChI=1S/C28H33NS/c1-4-6-20-28(19-5-2,21-11-7-8-14-24-15-12-22-30-24)27-25-16-10-9-13-23(25)17-18-26(27)29-3/h4-5,7,9-13,15-18,22,29H,1-2,6,8,14,19-21H2,3H3/b11-7+. The van der Waals surface area contributed by atoms with Gasteiger partial charge in [0.05, 0.1) is 0 Å². The second-order valence-corrected chi connectivity index (χ2v) is 8.89. The second kappa shape index (κ2) is 11.0. The molecule has 3 rings (SSSR count). The maximum Gasteiger partial charge on any atom is 0.0382 e. The molecule has 0 aliphatic rings. The molecule has 1 nitrogen and oxygen atoms in total. The molecule has 0 saturated heterocycles. The van der Waals surface area contributed by atoms with Gasteiger partial charge < -0.3 is 5.32 Å². The van der Waals surface area contributed by atoms with Gasteiger partial charge in [0.2, 0.25) is 0 Å². The first-order chi connectivity index (χ1) is 14.7. The maximum absolute atomic E-state index is 4.12. The lowest BCUT2D eigenvalue weighted by atomic mass is 9.69. The number of hydrogen-bond donors (Lipinski definition) is 1. The minimum absolute atomic E-state index is 0.00538. The van der Waals surface area contributed by atoms with Crippen LogP contribution in [0.1, 0.15) is 42.5 Å². The largest absolute Gasteiger partial charge is 0.388 e. The van der Waals surface area contributed by atoms with Crippen molar-refractivity contribution in [2.45, 2.75) is 43.9 Å². The molecule has 0 aliphatic carbocycles. The van der Waals surface area contributed by atoms with Crippen molar-refractivity contribution in [1.82, 2.24) is 0 Å². The highest BCUT2D eigenvalue weighted by Crippen LogP contribution is 2.45. The molecule has 156 valence electrons. The Bertz CT molecular complexity index is 983. The van der Waals surface area contributed by atoms with Gasteiger partial charge in [0, 0.05) is 23.0 Å². The molecule has 0 amide bonds. The fraction of sp³-hybridized carbons (Fsp3) is 0.286. The number of benzene rings is 2. The Labute approximate surface area is 185 Å². The summed E-state index contributed by atoms with van der Waals surface area (Å²) in [5, 5.41) is 8.25. The van der Waals surface area contributed by atoms with E-state index in [-0.39, 0.29) is 5.41 Å². The van der Waals surface area contributed by atoms with Crippen LogP contribution in [0.25, 0.3) is 10.8 Å². The van der Waals surface area contributed by atoms with E-state index in [0.717, 1.165) is 38.5 Å². The molecule has 0 aliphatic heterocycles. The summed E-state index contributed by atoms with van der Waals surface area (Å²) in [5.74, 6) is 0. The fourth-order valence-corrected chi connectivity index (χ4v) is 5.15. The topological polar surface area (TPSA) is 12.0 Å². The van der Waals surface area contributed by atoms with Crippen molar-refractivity contribution in [2.24, 2.45) is 0 Å². The second-order valence-electron chi connectivity index (χ2n) is 7.85. The first-order valence-corrected chi connectivity index (χ1v) is 11.7. The van der Waals surface area contributed by atoms with Crippen LogP contribution in [0.15, 0.2) is 91.4 Å². The Hall–Kier alpha value is -2.58. The Morgan fingerprint density at radius 3 is 2.53 bits per heavy atom. The van der Waals surface area contributed by atoms with Gasteiger partial charge in [-0.1, -0.05) is 60.7 Å². The highest BCUT2D eigenvalue weighted by molar-refractivity contribution is 7.09. The lowest BCUT2D eigenvalue weighted by Crippen LogP contribution is -2.26. The van der Waals surface area contributed by atoms with Crippen LogP contribution < -0.4 is 5.32 Å². The zero-order valence-corrected chi connectivity index (χ0v) is 18.9. The Kier molecular flexibility index (Phi) is 8.10. The molecule has 3 aromatic rings. The van der Waals surface area contributed by atoms with Crippen LogP contribution in [0.3, 0.4) is 0 Å². The van der Waals surface area contributed by atoms with Crippen LogP contribution in [-0.2, 0) is 11.8 Å². The van der Waals surface area contributed by atoms with Crippen molar-refractivity contribution in [3.63, 3.8) is 0 Å². The van der Waals surface area contributed by atoms with E-state index in [4.69, 9.17) is 0 Å². The Balaban J connectivity index is 1.98. The van der Waals surface area contributed by atoms with Crippen molar-refractivity contribution in [2.75, 3.05) is 12.4 Å². The number of nitrogens with one attached hydrogen (secondary N) is 1. The van der Waals surface area contributed by atoms with E-state index in [9.17, 15) is 0 Å². The quantitative estimate of drug-likeness (QED) is 0.293. The molecule has 1 atom stereocenters. The zero-order valence-electron chi connectivity index (χ0n) is 18.1. The van der Waals surface area contributed by atoms with Crippen LogP contribution in [0, 0.1) is 0 Å². The highest BCUT2D eigenvalue weighted by Gasteiger charge is 2.33. The van der Waals surface area contributed by atoms with E-state index in [2.05, 4.69) is 90.6 Å². The van der Waals surface area contributed by atoms with E-state index in [0.29, 0.717) is 0 Å². The van der Waals surface area contributed by atoms with Gasteiger partial charge in [-0.2, -0.15) is 0 Å². The maximum atomic E-state index is 4.12. The number of allylic oxidation sites excluding steroid dienone is 4. The van der Waals surface area contributed by atoms with Crippen LogP contribution >= 0.6 is 11.3 Å². The number of anilines is 1. The van der Waals surface area contributed by atoms with E-state index in [1.807, 2.05) is 24.5 Å². The summed E-state index contributed by atoms with van der Waals surface area (Å²) in [6.45, 7) is 8.13. The molecule has 2 aromatic carbocycles. The monoisotopic (exact) mass is 415 g/mol. The minimum atomic E-state index is -0.00538. The van der Waals surface area contributed by atoms with Crippen LogP contribution in [0.5, 0.6) is 0 Å². The first kappa shape index (κ1) is 22.1. The van der Waals surface area contributed by atoms with Gasteiger partial charge in [0.1, 0.15) is 0 Å². The van der Waals surface area contributed by atoms with Crippen molar-refractivity contribution in [3.8, 4) is 0 Å². The number of thiophene rings is 1. The summed E-state index contributed by atoms with van der Waals surface area (Å²) in [6.07, 6.45) is 15.1. The summed E-state index contributed by atoms with van der Waals surface area (Å²) in [6, 6.07) is 17.5. The van der Waals surface area contributed by atoms with E-state index >= 15 is 0 Å². The number of fused-ring (bicyclic) bond motifs is 1. The summed E-state index contributed by atoms with van der Waals surface area (Å²) >= 11 is 1.84. The van der Waals surface area contributed by atoms with Gasteiger partial charge in [-0.05, 0) is 72.4 Å². The van der Waals surface area contributed by atoms with Gasteiger partial charge in [0.15, 0.2) is 0 Å². The van der Waals surface area contributed by atoms with Crippen molar-refractivity contribution in [3.05, 3.63) is 102 Å². The predicted octanol–water partition coefficient (Wildman–Crippen LogP) is 8.30. The fourth-order valence-electron chi connectivity index (χ4n) is 4.43. The molecule has 0 spiro atoms. The Morgan fingerprint density at radius 2 is 1.80 bits per heavy atom. The first-order valence-electron chi connectivity index (χ1n) is 10.8. The number of rotatable bonds is 12. The van der Waals surface area contributed by atoms with Gasteiger partial charge in [-0.25, -0.2) is 0 Å². The predicted molar refractivity (Wildman–Crippen MR) is 136 cm³/mol. The zero-order chi connectivity index (χ0) is 21.2. The lowest BCUT2D eigenvalue weighted by Gasteiger charge is -2.35. The SMILES string of the molecule is C=CCCC(CC=C)(C/C=C/CCc1cccs1)c1c(NC)ccc2ccccc12. The molecular formula is C28H33NS. The third-order valence-electron chi connectivity index (χ3n) is 5.90. The molecule has 1 unspecified atom stereocenters. The summed E-state index contributed by atoms with van der Waals surface area (Å²) in [5.41, 5.74) is 2.62. The van der Waals surface area contributed by atoms with E-state index < -0.39 is 0 Å². The third kappa shape index (κ3) is 5.12. The number of hydrogen-bond acceptors (Lipinski definition) is 2. The van der Waals surface area contributed by atoms with Gasteiger partial charge >= 0.3 is 0 Å². The van der Waals surface area contributed by atoms with Crippen molar-refractivity contribution in [1.29, 1.82) is 0 Å². The summed E-state index contributed by atoms with van der Waals surface area (Å²) in [4.78, 5) is 1.45. The molecule has 0 saturated carbocycles. The minimum Gasteiger partial charge on any atom is -0.388 e. The average molecular weight is 416 g/mol. The smallest absolute Gasteiger partial charge is 0.0382 e. The van der Waals surface area contributed by atoms with Gasteiger partial charge in [0.25, 0.3) is 0 Å². The lowest BCUT2D eigenvalue weighted by molar-refractivity contribution is 0.409. The molecule has 1 heterocycles.